The van der Waals surface area contributed by atoms with Crippen molar-refractivity contribution in [3.05, 3.63) is 47.7 Å². The third-order valence-corrected chi connectivity index (χ3v) is 6.51. The van der Waals surface area contributed by atoms with Crippen molar-refractivity contribution in [1.29, 1.82) is 0 Å². The molecule has 1 aliphatic heterocycles. The number of benzene rings is 1. The molecule has 0 radical (unpaired) electrons. The van der Waals surface area contributed by atoms with Gasteiger partial charge >= 0.3 is 0 Å². The lowest BCUT2D eigenvalue weighted by molar-refractivity contribution is -0.120. The van der Waals surface area contributed by atoms with Gasteiger partial charge in [0.1, 0.15) is 5.82 Å². The van der Waals surface area contributed by atoms with E-state index in [0.29, 0.717) is 0 Å². The number of amides is 1. The minimum atomic E-state index is 0.154. The van der Waals surface area contributed by atoms with Crippen LogP contribution in [0.1, 0.15) is 43.2 Å². The second-order valence-corrected chi connectivity index (χ2v) is 8.42. The minimum Gasteiger partial charge on any atom is -0.368 e. The third-order valence-electron chi connectivity index (χ3n) is 6.51. The van der Waals surface area contributed by atoms with Gasteiger partial charge in [0, 0.05) is 37.8 Å². The Bertz CT molecular complexity index is 834. The molecule has 1 aliphatic carbocycles. The van der Waals surface area contributed by atoms with Crippen LogP contribution in [0.25, 0.3) is 0 Å². The zero-order valence-corrected chi connectivity index (χ0v) is 17.7. The molecule has 2 heterocycles. The maximum absolute atomic E-state index is 12.4. The SMILES string of the molecule is Cc1cccc(N2CCN(c3ccc(NC(=O)C4CCCCC4)cn3)CC2)c1C. The van der Waals surface area contributed by atoms with E-state index in [-0.39, 0.29) is 11.8 Å². The van der Waals surface area contributed by atoms with Crippen LogP contribution in [0.15, 0.2) is 36.5 Å². The molecule has 0 unspecified atom stereocenters. The molecule has 2 fully saturated rings. The highest BCUT2D eigenvalue weighted by Crippen LogP contribution is 2.26. The Hall–Kier alpha value is -2.56. The van der Waals surface area contributed by atoms with Crippen molar-refractivity contribution in [3.63, 3.8) is 0 Å². The Morgan fingerprint density at radius 2 is 1.69 bits per heavy atom. The van der Waals surface area contributed by atoms with Crippen LogP contribution in [0.2, 0.25) is 0 Å². The number of pyridine rings is 1. The van der Waals surface area contributed by atoms with Gasteiger partial charge in [0.15, 0.2) is 0 Å². The van der Waals surface area contributed by atoms with Crippen LogP contribution in [-0.4, -0.2) is 37.1 Å². The van der Waals surface area contributed by atoms with Gasteiger partial charge in [-0.15, -0.1) is 0 Å². The molecule has 1 aromatic carbocycles. The minimum absolute atomic E-state index is 0.154. The fraction of sp³-hybridized carbons (Fsp3) is 0.500. The van der Waals surface area contributed by atoms with Gasteiger partial charge in [-0.25, -0.2) is 4.98 Å². The predicted octanol–water partition coefficient (Wildman–Crippen LogP) is 4.54. The first-order valence-corrected chi connectivity index (χ1v) is 10.9. The molecule has 0 spiro atoms. The van der Waals surface area contributed by atoms with E-state index >= 15 is 0 Å². The maximum atomic E-state index is 12.4. The van der Waals surface area contributed by atoms with E-state index < -0.39 is 0 Å². The molecule has 0 atom stereocenters. The number of aromatic nitrogens is 1. The van der Waals surface area contributed by atoms with Crippen molar-refractivity contribution in [1.82, 2.24) is 4.98 Å². The van der Waals surface area contributed by atoms with Crippen molar-refractivity contribution in [2.45, 2.75) is 46.0 Å². The highest BCUT2D eigenvalue weighted by atomic mass is 16.1. The first-order chi connectivity index (χ1) is 14.1. The maximum Gasteiger partial charge on any atom is 0.227 e. The van der Waals surface area contributed by atoms with Crippen molar-refractivity contribution >= 4 is 23.1 Å². The summed E-state index contributed by atoms with van der Waals surface area (Å²) in [5.74, 6) is 1.31. The lowest BCUT2D eigenvalue weighted by Crippen LogP contribution is -2.47. The van der Waals surface area contributed by atoms with E-state index in [1.165, 1.54) is 36.1 Å². The van der Waals surface area contributed by atoms with Crippen molar-refractivity contribution in [2.75, 3.05) is 41.3 Å². The molecule has 1 aromatic heterocycles. The molecule has 1 saturated carbocycles. The number of hydrogen-bond donors (Lipinski definition) is 1. The van der Waals surface area contributed by atoms with Gasteiger partial charge in [-0.1, -0.05) is 31.4 Å². The number of nitrogens with zero attached hydrogens (tertiary/aromatic N) is 3. The Balaban J connectivity index is 1.33. The fourth-order valence-electron chi connectivity index (χ4n) is 4.51. The third kappa shape index (κ3) is 4.55. The van der Waals surface area contributed by atoms with Gasteiger partial charge in [0.25, 0.3) is 0 Å². The van der Waals surface area contributed by atoms with E-state index in [2.05, 4.69) is 52.1 Å². The lowest BCUT2D eigenvalue weighted by Gasteiger charge is -2.37. The molecule has 1 saturated heterocycles. The first kappa shape index (κ1) is 19.7. The Morgan fingerprint density at radius 1 is 0.966 bits per heavy atom. The molecule has 1 amide bonds. The molecule has 2 aromatic rings. The summed E-state index contributed by atoms with van der Waals surface area (Å²) in [5, 5.41) is 3.05. The Morgan fingerprint density at radius 3 is 2.38 bits per heavy atom. The molecule has 2 aliphatic rings. The summed E-state index contributed by atoms with van der Waals surface area (Å²) in [7, 11) is 0. The number of nitrogens with one attached hydrogen (secondary N) is 1. The molecule has 154 valence electrons. The lowest BCUT2D eigenvalue weighted by atomic mass is 9.88. The highest BCUT2D eigenvalue weighted by molar-refractivity contribution is 5.92. The van der Waals surface area contributed by atoms with E-state index in [1.807, 2.05) is 12.1 Å². The average Bonchev–Trinajstić information content (AvgIpc) is 2.77. The van der Waals surface area contributed by atoms with Gasteiger partial charge in [-0.2, -0.15) is 0 Å². The monoisotopic (exact) mass is 392 g/mol. The summed E-state index contributed by atoms with van der Waals surface area (Å²) >= 11 is 0. The number of anilines is 3. The quantitative estimate of drug-likeness (QED) is 0.830. The number of carbonyl (C=O) groups is 1. The van der Waals surface area contributed by atoms with Crippen LogP contribution in [0.4, 0.5) is 17.2 Å². The second-order valence-electron chi connectivity index (χ2n) is 8.42. The van der Waals surface area contributed by atoms with Gasteiger partial charge in [0.2, 0.25) is 5.91 Å². The summed E-state index contributed by atoms with van der Waals surface area (Å²) in [6.07, 6.45) is 7.43. The molecule has 0 bridgehead atoms. The van der Waals surface area contributed by atoms with E-state index in [4.69, 9.17) is 0 Å². The van der Waals surface area contributed by atoms with Crippen LogP contribution >= 0.6 is 0 Å². The van der Waals surface area contributed by atoms with Crippen LogP contribution in [0, 0.1) is 19.8 Å². The molecule has 5 nitrogen and oxygen atoms in total. The van der Waals surface area contributed by atoms with Crippen molar-refractivity contribution in [3.8, 4) is 0 Å². The van der Waals surface area contributed by atoms with Crippen molar-refractivity contribution in [2.24, 2.45) is 5.92 Å². The number of aryl methyl sites for hydroxylation is 1. The number of rotatable bonds is 4. The Labute approximate surface area is 174 Å². The second kappa shape index (κ2) is 8.85. The summed E-state index contributed by atoms with van der Waals surface area (Å²) < 4.78 is 0. The molecule has 4 rings (SSSR count). The topological polar surface area (TPSA) is 48.5 Å². The van der Waals surface area contributed by atoms with Gasteiger partial charge < -0.3 is 15.1 Å². The molecule has 1 N–H and O–H groups in total. The van der Waals surface area contributed by atoms with Crippen LogP contribution in [0.5, 0.6) is 0 Å². The summed E-state index contributed by atoms with van der Waals surface area (Å²) in [6, 6.07) is 10.6. The Kier molecular flexibility index (Phi) is 6.02. The summed E-state index contributed by atoms with van der Waals surface area (Å²) in [6.45, 7) is 8.27. The zero-order valence-electron chi connectivity index (χ0n) is 17.7. The van der Waals surface area contributed by atoms with Crippen LogP contribution in [0.3, 0.4) is 0 Å². The summed E-state index contributed by atoms with van der Waals surface area (Å²) in [5.41, 5.74) is 4.87. The molecule has 5 heteroatoms. The fourth-order valence-corrected chi connectivity index (χ4v) is 4.51. The van der Waals surface area contributed by atoms with E-state index in [9.17, 15) is 4.79 Å². The average molecular weight is 393 g/mol. The zero-order chi connectivity index (χ0) is 20.2. The van der Waals surface area contributed by atoms with E-state index in [0.717, 1.165) is 50.5 Å². The van der Waals surface area contributed by atoms with Crippen LogP contribution in [-0.2, 0) is 4.79 Å². The molecular formula is C24H32N4O. The summed E-state index contributed by atoms with van der Waals surface area (Å²) in [4.78, 5) is 21.8. The predicted molar refractivity (Wildman–Crippen MR) is 120 cm³/mol. The number of piperazine rings is 1. The van der Waals surface area contributed by atoms with Crippen LogP contribution < -0.4 is 15.1 Å². The largest absolute Gasteiger partial charge is 0.368 e. The highest BCUT2D eigenvalue weighted by Gasteiger charge is 2.22. The molecule has 29 heavy (non-hydrogen) atoms. The normalized spacial score (nSPS) is 18.0. The van der Waals surface area contributed by atoms with Gasteiger partial charge in [-0.3, -0.25) is 4.79 Å². The van der Waals surface area contributed by atoms with E-state index in [1.54, 1.807) is 6.20 Å². The molecular weight excluding hydrogens is 360 g/mol. The van der Waals surface area contributed by atoms with Crippen molar-refractivity contribution < 1.29 is 4.79 Å². The number of hydrogen-bond acceptors (Lipinski definition) is 4. The van der Waals surface area contributed by atoms with Gasteiger partial charge in [-0.05, 0) is 56.0 Å². The van der Waals surface area contributed by atoms with Gasteiger partial charge in [0.05, 0.1) is 11.9 Å². The first-order valence-electron chi connectivity index (χ1n) is 10.9. The standard InChI is InChI=1S/C24H32N4O/c1-18-7-6-10-22(19(18)2)27-13-15-28(16-14-27)23-12-11-21(17-25-23)26-24(29)20-8-4-3-5-9-20/h6-7,10-12,17,20H,3-5,8-9,13-16H2,1-2H3,(H,26,29). The number of carbonyl (C=O) groups excluding carboxylic acids is 1. The smallest absolute Gasteiger partial charge is 0.227 e.